The van der Waals surface area contributed by atoms with Gasteiger partial charge in [0.25, 0.3) is 0 Å². The molecule has 0 rings (SSSR count). The summed E-state index contributed by atoms with van der Waals surface area (Å²) in [5.41, 5.74) is 0. The van der Waals surface area contributed by atoms with Crippen molar-refractivity contribution in [2.24, 2.45) is 0 Å². The molecule has 8 nitrogen and oxygen atoms in total. The zero-order valence-electron chi connectivity index (χ0n) is 34.1. The molecule has 1 atom stereocenters. The Morgan fingerprint density at radius 1 is 0.481 bits per heavy atom. The highest BCUT2D eigenvalue weighted by atomic mass is 31.2. The summed E-state index contributed by atoms with van der Waals surface area (Å²) in [6.45, 7) is 3.59. The van der Waals surface area contributed by atoms with Crippen molar-refractivity contribution in [2.45, 2.75) is 187 Å². The molecule has 0 amide bonds. The number of phosphoric ester groups is 1. The Labute approximate surface area is 329 Å². The maximum absolute atomic E-state index is 12.4. The molecule has 0 saturated heterocycles. The van der Waals surface area contributed by atoms with Gasteiger partial charge in [0.1, 0.15) is 6.61 Å². The molecular weight excluding hydrogens is 699 g/mol. The Kier molecular flexibility index (Phi) is 38.3. The Balaban J connectivity index is 4.02. The first-order valence-electron chi connectivity index (χ1n) is 21.2. The minimum absolute atomic E-state index is 0.169. The van der Waals surface area contributed by atoms with Gasteiger partial charge in [0, 0.05) is 12.8 Å². The minimum atomic E-state index is -4.77. The summed E-state index contributed by atoms with van der Waals surface area (Å²) < 4.78 is 26.4. The molecule has 0 aromatic carbocycles. The number of hydrogen-bond acceptors (Lipinski definition) is 6. The van der Waals surface area contributed by atoms with Crippen LogP contribution in [-0.2, 0) is 28.2 Å². The summed E-state index contributed by atoms with van der Waals surface area (Å²) in [5.74, 6) is -0.934. The number of carbonyl (C=O) groups is 2. The normalized spacial score (nSPS) is 13.2. The van der Waals surface area contributed by atoms with Gasteiger partial charge in [-0.3, -0.25) is 14.1 Å². The van der Waals surface area contributed by atoms with Gasteiger partial charge in [0.15, 0.2) is 6.10 Å². The van der Waals surface area contributed by atoms with Crippen LogP contribution in [0.25, 0.3) is 0 Å². The summed E-state index contributed by atoms with van der Waals surface area (Å²) in [6.07, 6.45) is 51.9. The van der Waals surface area contributed by atoms with Crippen LogP contribution in [0.1, 0.15) is 181 Å². The SMILES string of the molecule is CCCCC/C=C\C/C=C\C/C=C\C/C=C\CCCCCC(=O)O[C@H](COC(=O)CCCCCCCCC/C=C\C/C=C\CCCCC)COP(=O)(O)O. The quantitative estimate of drug-likeness (QED) is 0.0275. The highest BCUT2D eigenvalue weighted by molar-refractivity contribution is 7.46. The third kappa shape index (κ3) is 42.2. The van der Waals surface area contributed by atoms with Gasteiger partial charge in [0.2, 0.25) is 0 Å². The fraction of sp³-hybridized carbons (Fsp3) is 0.689. The lowest BCUT2D eigenvalue weighted by molar-refractivity contribution is -0.161. The fourth-order valence-corrected chi connectivity index (χ4v) is 5.86. The van der Waals surface area contributed by atoms with E-state index < -0.39 is 32.5 Å². The molecule has 0 fully saturated rings. The first-order valence-corrected chi connectivity index (χ1v) is 22.8. The molecule has 9 heteroatoms. The smallest absolute Gasteiger partial charge is 0.462 e. The Bertz CT molecular complexity index is 1100. The van der Waals surface area contributed by atoms with Crippen molar-refractivity contribution >= 4 is 19.8 Å². The second-order valence-corrected chi connectivity index (χ2v) is 15.2. The van der Waals surface area contributed by atoms with Gasteiger partial charge < -0.3 is 19.3 Å². The van der Waals surface area contributed by atoms with Gasteiger partial charge in [-0.05, 0) is 89.9 Å². The zero-order chi connectivity index (χ0) is 39.6. The molecule has 0 aromatic heterocycles. The van der Waals surface area contributed by atoms with Gasteiger partial charge in [0.05, 0.1) is 6.61 Å². The van der Waals surface area contributed by atoms with Crippen LogP contribution in [0.2, 0.25) is 0 Å². The Hall–Kier alpha value is -2.51. The predicted octanol–water partition coefficient (Wildman–Crippen LogP) is 13.1. The lowest BCUT2D eigenvalue weighted by Crippen LogP contribution is -2.29. The Morgan fingerprint density at radius 2 is 0.833 bits per heavy atom. The number of phosphoric acid groups is 1. The van der Waals surface area contributed by atoms with Crippen LogP contribution in [-0.4, -0.2) is 41.0 Å². The van der Waals surface area contributed by atoms with Crippen LogP contribution in [0, 0.1) is 0 Å². The number of unbranched alkanes of at least 4 members (excludes halogenated alkanes) is 16. The van der Waals surface area contributed by atoms with Crippen LogP contribution in [0.4, 0.5) is 0 Å². The largest absolute Gasteiger partial charge is 0.469 e. The predicted molar refractivity (Wildman–Crippen MR) is 225 cm³/mol. The molecular formula is C45H77O8P. The lowest BCUT2D eigenvalue weighted by atomic mass is 10.1. The van der Waals surface area contributed by atoms with Gasteiger partial charge in [-0.2, -0.15) is 0 Å². The van der Waals surface area contributed by atoms with E-state index in [-0.39, 0.29) is 19.4 Å². The van der Waals surface area contributed by atoms with Crippen molar-refractivity contribution in [3.8, 4) is 0 Å². The van der Waals surface area contributed by atoms with Crippen molar-refractivity contribution < 1.29 is 37.9 Å². The van der Waals surface area contributed by atoms with E-state index in [0.717, 1.165) is 70.6 Å². The maximum atomic E-state index is 12.4. The van der Waals surface area contributed by atoms with Crippen molar-refractivity contribution in [3.63, 3.8) is 0 Å². The summed E-state index contributed by atoms with van der Waals surface area (Å²) in [5, 5.41) is 0. The van der Waals surface area contributed by atoms with Crippen LogP contribution in [0.15, 0.2) is 72.9 Å². The molecule has 2 N–H and O–H groups in total. The summed E-state index contributed by atoms with van der Waals surface area (Å²) in [6, 6.07) is 0. The van der Waals surface area contributed by atoms with Gasteiger partial charge in [-0.15, -0.1) is 0 Å². The number of carbonyl (C=O) groups excluding carboxylic acids is 2. The summed E-state index contributed by atoms with van der Waals surface area (Å²) in [4.78, 5) is 42.9. The van der Waals surface area contributed by atoms with Crippen molar-refractivity contribution in [1.82, 2.24) is 0 Å². The third-order valence-corrected chi connectivity index (χ3v) is 9.18. The van der Waals surface area contributed by atoms with Crippen LogP contribution in [0.3, 0.4) is 0 Å². The topological polar surface area (TPSA) is 119 Å². The van der Waals surface area contributed by atoms with Gasteiger partial charge >= 0.3 is 19.8 Å². The van der Waals surface area contributed by atoms with E-state index in [1.54, 1.807) is 0 Å². The second-order valence-electron chi connectivity index (χ2n) is 14.0. The monoisotopic (exact) mass is 777 g/mol. The molecule has 0 unspecified atom stereocenters. The first-order chi connectivity index (χ1) is 26.3. The molecule has 0 aliphatic carbocycles. The molecule has 0 bridgehead atoms. The van der Waals surface area contributed by atoms with Crippen molar-refractivity contribution in [3.05, 3.63) is 72.9 Å². The number of ether oxygens (including phenoxy) is 2. The lowest BCUT2D eigenvalue weighted by Gasteiger charge is -2.18. The molecule has 54 heavy (non-hydrogen) atoms. The molecule has 310 valence electrons. The zero-order valence-corrected chi connectivity index (χ0v) is 35.0. The molecule has 0 aromatic rings. The average Bonchev–Trinajstić information content (AvgIpc) is 3.14. The molecule has 0 aliphatic heterocycles. The van der Waals surface area contributed by atoms with Gasteiger partial charge in [-0.25, -0.2) is 4.57 Å². The fourth-order valence-electron chi connectivity index (χ4n) is 5.50. The molecule has 0 aliphatic rings. The number of esters is 2. The number of hydrogen-bond donors (Lipinski definition) is 2. The van der Waals surface area contributed by atoms with Crippen molar-refractivity contribution in [2.75, 3.05) is 13.2 Å². The Morgan fingerprint density at radius 3 is 1.26 bits per heavy atom. The second kappa shape index (κ2) is 40.2. The highest BCUT2D eigenvalue weighted by Crippen LogP contribution is 2.36. The van der Waals surface area contributed by atoms with E-state index in [1.807, 2.05) is 0 Å². The van der Waals surface area contributed by atoms with Gasteiger partial charge in [-0.1, -0.05) is 151 Å². The van der Waals surface area contributed by atoms with E-state index in [4.69, 9.17) is 19.3 Å². The minimum Gasteiger partial charge on any atom is -0.462 e. The third-order valence-electron chi connectivity index (χ3n) is 8.70. The van der Waals surface area contributed by atoms with Crippen LogP contribution >= 0.6 is 7.82 Å². The van der Waals surface area contributed by atoms with Crippen molar-refractivity contribution in [1.29, 1.82) is 0 Å². The first kappa shape index (κ1) is 51.5. The van der Waals surface area contributed by atoms with Crippen LogP contribution < -0.4 is 0 Å². The van der Waals surface area contributed by atoms with Crippen LogP contribution in [0.5, 0.6) is 0 Å². The average molecular weight is 777 g/mol. The maximum Gasteiger partial charge on any atom is 0.469 e. The number of allylic oxidation sites excluding steroid dienone is 12. The summed E-state index contributed by atoms with van der Waals surface area (Å²) in [7, 11) is -4.77. The number of rotatable bonds is 38. The van der Waals surface area contributed by atoms with E-state index >= 15 is 0 Å². The molecule has 0 saturated carbocycles. The van der Waals surface area contributed by atoms with E-state index in [9.17, 15) is 14.2 Å². The molecule has 0 heterocycles. The van der Waals surface area contributed by atoms with E-state index in [1.165, 1.54) is 70.6 Å². The highest BCUT2D eigenvalue weighted by Gasteiger charge is 2.22. The summed E-state index contributed by atoms with van der Waals surface area (Å²) >= 11 is 0. The molecule has 0 radical (unpaired) electrons. The van der Waals surface area contributed by atoms with E-state index in [0.29, 0.717) is 12.8 Å². The standard InChI is InChI=1S/C45H77O8P/c1-3-5-7-9-11-13-15-17-19-21-22-24-26-28-30-32-34-36-38-40-45(47)53-43(42-52-54(48,49)50)41-51-44(46)39-37-35-33-31-29-27-25-23-20-18-16-14-12-10-8-6-4-2/h11-14,17-20,22,24,28,30,43H,3-10,15-16,21,23,25-27,29,31-42H2,1-2H3,(H2,48,49,50)/b13-11-,14-12-,19-17-,20-18-,24-22-,30-28-/t43-/m1/s1. The molecule has 0 spiro atoms. The van der Waals surface area contributed by atoms with E-state index in [2.05, 4.69) is 91.3 Å².